The molecule has 0 bridgehead atoms. The molecule has 1 aromatic carbocycles. The van der Waals surface area contributed by atoms with Crippen molar-refractivity contribution in [3.63, 3.8) is 0 Å². The SMILES string of the molecule is CC(Cc1ccccc1F)NCCOC1CCCCC1. The topological polar surface area (TPSA) is 21.3 Å². The average molecular weight is 279 g/mol. The Morgan fingerprint density at radius 3 is 2.75 bits per heavy atom. The second-order valence-corrected chi connectivity index (χ2v) is 5.78. The first-order valence-corrected chi connectivity index (χ1v) is 7.84. The van der Waals surface area contributed by atoms with Gasteiger partial charge in [0.2, 0.25) is 0 Å². The molecule has 2 nitrogen and oxygen atoms in total. The van der Waals surface area contributed by atoms with Gasteiger partial charge in [0.1, 0.15) is 5.82 Å². The maximum Gasteiger partial charge on any atom is 0.126 e. The molecule has 1 unspecified atom stereocenters. The third-order valence-electron chi connectivity index (χ3n) is 3.98. The van der Waals surface area contributed by atoms with E-state index in [1.165, 1.54) is 38.2 Å². The molecule has 1 atom stereocenters. The van der Waals surface area contributed by atoms with Crippen molar-refractivity contribution in [2.45, 2.75) is 57.6 Å². The van der Waals surface area contributed by atoms with Crippen LogP contribution in [0.2, 0.25) is 0 Å². The van der Waals surface area contributed by atoms with Crippen LogP contribution >= 0.6 is 0 Å². The van der Waals surface area contributed by atoms with E-state index in [1.807, 2.05) is 12.1 Å². The molecule has 0 spiro atoms. The van der Waals surface area contributed by atoms with Crippen molar-refractivity contribution in [2.24, 2.45) is 0 Å². The van der Waals surface area contributed by atoms with E-state index in [-0.39, 0.29) is 11.9 Å². The van der Waals surface area contributed by atoms with Crippen molar-refractivity contribution in [3.05, 3.63) is 35.6 Å². The molecule has 3 heteroatoms. The Morgan fingerprint density at radius 2 is 2.00 bits per heavy atom. The highest BCUT2D eigenvalue weighted by atomic mass is 19.1. The number of benzene rings is 1. The zero-order valence-electron chi connectivity index (χ0n) is 12.4. The summed E-state index contributed by atoms with van der Waals surface area (Å²) in [5.74, 6) is -0.111. The van der Waals surface area contributed by atoms with Gasteiger partial charge in [0.15, 0.2) is 0 Å². The molecular formula is C17H26FNO. The van der Waals surface area contributed by atoms with Crippen molar-refractivity contribution < 1.29 is 9.13 Å². The quantitative estimate of drug-likeness (QED) is 0.769. The van der Waals surface area contributed by atoms with Gasteiger partial charge in [0, 0.05) is 12.6 Å². The largest absolute Gasteiger partial charge is 0.377 e. The molecule has 0 radical (unpaired) electrons. The minimum atomic E-state index is -0.111. The van der Waals surface area contributed by atoms with Crippen LogP contribution in [-0.4, -0.2) is 25.3 Å². The zero-order chi connectivity index (χ0) is 14.2. The predicted molar refractivity (Wildman–Crippen MR) is 80.4 cm³/mol. The molecule has 1 aliphatic carbocycles. The van der Waals surface area contributed by atoms with Crippen LogP contribution < -0.4 is 5.32 Å². The summed E-state index contributed by atoms with van der Waals surface area (Å²) in [6, 6.07) is 7.26. The normalized spacial score (nSPS) is 18.1. The van der Waals surface area contributed by atoms with Gasteiger partial charge in [-0.1, -0.05) is 37.5 Å². The summed E-state index contributed by atoms with van der Waals surface area (Å²) in [7, 11) is 0. The summed E-state index contributed by atoms with van der Waals surface area (Å²) < 4.78 is 19.4. The van der Waals surface area contributed by atoms with Crippen LogP contribution in [0.4, 0.5) is 4.39 Å². The molecule has 1 saturated carbocycles. The molecule has 2 rings (SSSR count). The molecular weight excluding hydrogens is 253 g/mol. The summed E-state index contributed by atoms with van der Waals surface area (Å²) >= 11 is 0. The maximum atomic E-state index is 13.5. The summed E-state index contributed by atoms with van der Waals surface area (Å²) in [4.78, 5) is 0. The van der Waals surface area contributed by atoms with E-state index in [4.69, 9.17) is 4.74 Å². The van der Waals surface area contributed by atoms with Gasteiger partial charge in [-0.05, 0) is 37.8 Å². The summed E-state index contributed by atoms with van der Waals surface area (Å²) in [6.07, 6.45) is 7.58. The van der Waals surface area contributed by atoms with Gasteiger partial charge in [-0.25, -0.2) is 4.39 Å². The van der Waals surface area contributed by atoms with Crippen LogP contribution in [0.3, 0.4) is 0 Å². The van der Waals surface area contributed by atoms with E-state index in [0.29, 0.717) is 6.10 Å². The lowest BCUT2D eigenvalue weighted by Gasteiger charge is -2.22. The molecule has 1 aromatic rings. The van der Waals surface area contributed by atoms with E-state index in [1.54, 1.807) is 6.07 Å². The third kappa shape index (κ3) is 5.22. The molecule has 112 valence electrons. The number of ether oxygens (including phenoxy) is 1. The number of hydrogen-bond donors (Lipinski definition) is 1. The third-order valence-corrected chi connectivity index (χ3v) is 3.98. The van der Waals surface area contributed by atoms with Gasteiger partial charge in [-0.3, -0.25) is 0 Å². The van der Waals surface area contributed by atoms with Gasteiger partial charge < -0.3 is 10.1 Å². The Hall–Kier alpha value is -0.930. The van der Waals surface area contributed by atoms with Crippen LogP contribution in [0.25, 0.3) is 0 Å². The second kappa shape index (κ2) is 8.38. The maximum absolute atomic E-state index is 13.5. The fourth-order valence-electron chi connectivity index (χ4n) is 2.83. The number of nitrogens with one attached hydrogen (secondary N) is 1. The van der Waals surface area contributed by atoms with E-state index in [9.17, 15) is 4.39 Å². The van der Waals surface area contributed by atoms with E-state index >= 15 is 0 Å². The van der Waals surface area contributed by atoms with Crippen molar-refractivity contribution in [1.29, 1.82) is 0 Å². The molecule has 0 aliphatic heterocycles. The first-order chi connectivity index (χ1) is 9.75. The molecule has 0 heterocycles. The van der Waals surface area contributed by atoms with Gasteiger partial charge in [-0.2, -0.15) is 0 Å². The van der Waals surface area contributed by atoms with Gasteiger partial charge in [-0.15, -0.1) is 0 Å². The lowest BCUT2D eigenvalue weighted by Crippen LogP contribution is -2.32. The number of halogens is 1. The monoisotopic (exact) mass is 279 g/mol. The first kappa shape index (κ1) is 15.5. The van der Waals surface area contributed by atoms with Crippen molar-refractivity contribution in [2.75, 3.05) is 13.2 Å². The molecule has 0 aromatic heterocycles. The van der Waals surface area contributed by atoms with Crippen molar-refractivity contribution in [3.8, 4) is 0 Å². The van der Waals surface area contributed by atoms with Gasteiger partial charge >= 0.3 is 0 Å². The Balaban J connectivity index is 1.60. The molecule has 1 fully saturated rings. The molecule has 0 saturated heterocycles. The Morgan fingerprint density at radius 1 is 1.25 bits per heavy atom. The Bertz CT molecular complexity index is 390. The van der Waals surface area contributed by atoms with E-state index in [0.717, 1.165) is 25.1 Å². The number of rotatable bonds is 7. The van der Waals surface area contributed by atoms with Crippen LogP contribution in [0, 0.1) is 5.82 Å². The lowest BCUT2D eigenvalue weighted by molar-refractivity contribution is 0.0295. The summed E-state index contributed by atoms with van der Waals surface area (Å²) in [6.45, 7) is 3.69. The Kier molecular flexibility index (Phi) is 6.48. The molecule has 1 aliphatic rings. The fraction of sp³-hybridized carbons (Fsp3) is 0.647. The molecule has 0 amide bonds. The van der Waals surface area contributed by atoms with Gasteiger partial charge in [0.25, 0.3) is 0 Å². The second-order valence-electron chi connectivity index (χ2n) is 5.78. The van der Waals surface area contributed by atoms with Crippen LogP contribution in [0.15, 0.2) is 24.3 Å². The molecule has 20 heavy (non-hydrogen) atoms. The van der Waals surface area contributed by atoms with E-state index in [2.05, 4.69) is 12.2 Å². The highest BCUT2D eigenvalue weighted by Crippen LogP contribution is 2.19. The highest BCUT2D eigenvalue weighted by molar-refractivity contribution is 5.18. The summed E-state index contributed by atoms with van der Waals surface area (Å²) in [5.41, 5.74) is 0.778. The zero-order valence-corrected chi connectivity index (χ0v) is 12.4. The van der Waals surface area contributed by atoms with Crippen LogP contribution in [0.1, 0.15) is 44.6 Å². The predicted octanol–water partition coefficient (Wildman–Crippen LogP) is 3.70. The van der Waals surface area contributed by atoms with Gasteiger partial charge in [0.05, 0.1) is 12.7 Å². The Labute approximate surface area is 121 Å². The fourth-order valence-corrected chi connectivity index (χ4v) is 2.83. The van der Waals surface area contributed by atoms with Crippen LogP contribution in [-0.2, 0) is 11.2 Å². The number of hydrogen-bond acceptors (Lipinski definition) is 2. The standard InChI is InChI=1S/C17H26FNO/c1-14(13-15-7-5-6-10-17(15)18)19-11-12-20-16-8-3-2-4-9-16/h5-7,10,14,16,19H,2-4,8-9,11-13H2,1H3. The minimum Gasteiger partial charge on any atom is -0.377 e. The molecule has 1 N–H and O–H groups in total. The van der Waals surface area contributed by atoms with Crippen molar-refractivity contribution >= 4 is 0 Å². The van der Waals surface area contributed by atoms with E-state index < -0.39 is 0 Å². The lowest BCUT2D eigenvalue weighted by atomic mass is 9.98. The van der Waals surface area contributed by atoms with Crippen LogP contribution in [0.5, 0.6) is 0 Å². The smallest absolute Gasteiger partial charge is 0.126 e. The highest BCUT2D eigenvalue weighted by Gasteiger charge is 2.13. The van der Waals surface area contributed by atoms with Crippen molar-refractivity contribution in [1.82, 2.24) is 5.32 Å². The summed E-state index contributed by atoms with van der Waals surface area (Å²) in [5, 5.41) is 3.41. The average Bonchev–Trinajstić information content (AvgIpc) is 2.47. The minimum absolute atomic E-state index is 0.111. The first-order valence-electron chi connectivity index (χ1n) is 7.84.